The lowest BCUT2D eigenvalue weighted by atomic mass is 9.55. The fourth-order valence-electron chi connectivity index (χ4n) is 5.38. The maximum atomic E-state index is 6.76. The summed E-state index contributed by atoms with van der Waals surface area (Å²) in [4.78, 5) is 0. The maximum Gasteiger partial charge on any atom is 0.0665 e. The van der Waals surface area contributed by atoms with E-state index in [-0.39, 0.29) is 0 Å². The van der Waals surface area contributed by atoms with Crippen LogP contribution in [0, 0.1) is 11.3 Å². The molecule has 0 aliphatic heterocycles. The predicted octanol–water partition coefficient (Wildman–Crippen LogP) is 4.67. The van der Waals surface area contributed by atoms with Crippen molar-refractivity contribution in [3.8, 4) is 0 Å². The summed E-state index contributed by atoms with van der Waals surface area (Å²) in [6.07, 6.45) is 16.3. The summed E-state index contributed by atoms with van der Waals surface area (Å²) < 4.78 is 6.76. The average molecular weight is 293 g/mol. The highest BCUT2D eigenvalue weighted by molar-refractivity contribution is 5.09. The van der Waals surface area contributed by atoms with Crippen LogP contribution >= 0.6 is 0 Å². The summed E-state index contributed by atoms with van der Waals surface area (Å²) in [6, 6.07) is 0.733. The third-order valence-electron chi connectivity index (χ3n) is 6.72. The van der Waals surface area contributed by atoms with Crippen LogP contribution in [0.5, 0.6) is 0 Å². The largest absolute Gasteiger partial charge is 0.374 e. The first-order chi connectivity index (χ1) is 10.3. The Morgan fingerprint density at radius 1 is 1.00 bits per heavy atom. The van der Waals surface area contributed by atoms with Crippen molar-refractivity contribution in [2.75, 3.05) is 6.54 Å². The van der Waals surface area contributed by atoms with E-state index >= 15 is 0 Å². The molecule has 0 heterocycles. The number of hydrogen-bond acceptors (Lipinski definition) is 2. The third-order valence-corrected chi connectivity index (χ3v) is 6.72. The lowest BCUT2D eigenvalue weighted by Crippen LogP contribution is -2.65. The third kappa shape index (κ3) is 3.03. The predicted molar refractivity (Wildman–Crippen MR) is 88.5 cm³/mol. The molecule has 2 nitrogen and oxygen atoms in total. The molecule has 2 heteroatoms. The van der Waals surface area contributed by atoms with Gasteiger partial charge in [-0.05, 0) is 44.6 Å². The summed E-state index contributed by atoms with van der Waals surface area (Å²) >= 11 is 0. The molecule has 122 valence electrons. The van der Waals surface area contributed by atoms with Gasteiger partial charge >= 0.3 is 0 Å². The molecule has 21 heavy (non-hydrogen) atoms. The van der Waals surface area contributed by atoms with Gasteiger partial charge in [0, 0.05) is 11.5 Å². The van der Waals surface area contributed by atoms with E-state index < -0.39 is 0 Å². The van der Waals surface area contributed by atoms with Crippen LogP contribution in [-0.2, 0) is 4.74 Å². The molecule has 1 N–H and O–H groups in total. The molecule has 1 spiro atoms. The standard InChI is InChI=1S/C19H35NO/c1-3-15-10-6-7-11-16(15)21-18-14-17(20-4-2)19(18)12-8-5-9-13-19/h15-18,20H,3-14H2,1-2H3. The van der Waals surface area contributed by atoms with E-state index in [4.69, 9.17) is 4.74 Å². The zero-order valence-corrected chi connectivity index (χ0v) is 14.2. The second-order valence-electron chi connectivity index (χ2n) is 7.76. The summed E-state index contributed by atoms with van der Waals surface area (Å²) in [6.45, 7) is 5.71. The van der Waals surface area contributed by atoms with Crippen LogP contribution in [0.3, 0.4) is 0 Å². The maximum absolute atomic E-state index is 6.76. The lowest BCUT2D eigenvalue weighted by molar-refractivity contribution is -0.192. The highest BCUT2D eigenvalue weighted by atomic mass is 16.5. The first kappa shape index (κ1) is 15.8. The molecule has 0 aromatic rings. The Morgan fingerprint density at radius 3 is 2.48 bits per heavy atom. The normalized spacial score (nSPS) is 39.1. The Kier molecular flexibility index (Phi) is 5.27. The molecular weight excluding hydrogens is 258 g/mol. The smallest absolute Gasteiger partial charge is 0.0665 e. The van der Waals surface area contributed by atoms with Crippen LogP contribution in [0.2, 0.25) is 0 Å². The molecule has 0 saturated heterocycles. The topological polar surface area (TPSA) is 21.3 Å². The van der Waals surface area contributed by atoms with E-state index in [1.807, 2.05) is 0 Å². The summed E-state index contributed by atoms with van der Waals surface area (Å²) in [5.41, 5.74) is 0.490. The van der Waals surface area contributed by atoms with E-state index in [2.05, 4.69) is 19.2 Å². The van der Waals surface area contributed by atoms with Crippen LogP contribution in [0.25, 0.3) is 0 Å². The van der Waals surface area contributed by atoms with E-state index in [9.17, 15) is 0 Å². The van der Waals surface area contributed by atoms with Crippen molar-refractivity contribution in [3.05, 3.63) is 0 Å². The van der Waals surface area contributed by atoms with E-state index in [0.717, 1.165) is 18.5 Å². The van der Waals surface area contributed by atoms with Gasteiger partial charge in [-0.3, -0.25) is 0 Å². The second kappa shape index (κ2) is 7.00. The second-order valence-corrected chi connectivity index (χ2v) is 7.76. The average Bonchev–Trinajstić information content (AvgIpc) is 2.55. The first-order valence-electron chi connectivity index (χ1n) is 9.69. The van der Waals surface area contributed by atoms with Gasteiger partial charge in [0.15, 0.2) is 0 Å². The van der Waals surface area contributed by atoms with Crippen molar-refractivity contribution in [2.45, 2.75) is 103 Å². The Bertz CT molecular complexity index is 324. The highest BCUT2D eigenvalue weighted by Crippen LogP contribution is 2.54. The van der Waals surface area contributed by atoms with Gasteiger partial charge in [0.05, 0.1) is 12.2 Å². The Hall–Kier alpha value is -0.0800. The molecule has 4 atom stereocenters. The van der Waals surface area contributed by atoms with Crippen molar-refractivity contribution in [1.29, 1.82) is 0 Å². The van der Waals surface area contributed by atoms with E-state index in [1.54, 1.807) is 0 Å². The van der Waals surface area contributed by atoms with E-state index in [1.165, 1.54) is 70.6 Å². The number of ether oxygens (including phenoxy) is 1. The molecule has 4 unspecified atom stereocenters. The van der Waals surface area contributed by atoms with Gasteiger partial charge in [-0.1, -0.05) is 52.4 Å². The van der Waals surface area contributed by atoms with Crippen LogP contribution < -0.4 is 5.32 Å². The minimum Gasteiger partial charge on any atom is -0.374 e. The molecule has 0 bridgehead atoms. The van der Waals surface area contributed by atoms with Crippen LogP contribution in [0.4, 0.5) is 0 Å². The summed E-state index contributed by atoms with van der Waals surface area (Å²) in [7, 11) is 0. The number of rotatable bonds is 5. The molecule has 0 aromatic heterocycles. The van der Waals surface area contributed by atoms with Gasteiger partial charge < -0.3 is 10.1 Å². The van der Waals surface area contributed by atoms with Crippen LogP contribution in [-0.4, -0.2) is 24.8 Å². The van der Waals surface area contributed by atoms with Gasteiger partial charge in [-0.2, -0.15) is 0 Å². The van der Waals surface area contributed by atoms with Crippen molar-refractivity contribution >= 4 is 0 Å². The van der Waals surface area contributed by atoms with Gasteiger partial charge in [0.25, 0.3) is 0 Å². The van der Waals surface area contributed by atoms with Crippen LogP contribution in [0.1, 0.15) is 84.5 Å². The lowest BCUT2D eigenvalue weighted by Gasteiger charge is -2.59. The van der Waals surface area contributed by atoms with Crippen LogP contribution in [0.15, 0.2) is 0 Å². The molecular formula is C19H35NO. The SMILES string of the molecule is CCNC1CC(OC2CCCCC2CC)C12CCCCC2. The van der Waals surface area contributed by atoms with Crippen molar-refractivity contribution in [3.63, 3.8) is 0 Å². The molecule has 3 rings (SSSR count). The van der Waals surface area contributed by atoms with Gasteiger partial charge in [-0.25, -0.2) is 0 Å². The fraction of sp³-hybridized carbons (Fsp3) is 1.00. The minimum absolute atomic E-state index is 0.490. The molecule has 0 radical (unpaired) electrons. The van der Waals surface area contributed by atoms with Gasteiger partial charge in [-0.15, -0.1) is 0 Å². The molecule has 3 saturated carbocycles. The van der Waals surface area contributed by atoms with Crippen molar-refractivity contribution < 1.29 is 4.74 Å². The van der Waals surface area contributed by atoms with E-state index in [0.29, 0.717) is 17.6 Å². The highest BCUT2D eigenvalue weighted by Gasteiger charge is 2.56. The summed E-state index contributed by atoms with van der Waals surface area (Å²) in [5, 5.41) is 3.75. The van der Waals surface area contributed by atoms with Gasteiger partial charge in [0.1, 0.15) is 0 Å². The molecule has 3 aliphatic carbocycles. The zero-order valence-electron chi connectivity index (χ0n) is 14.2. The Labute approximate surface area is 131 Å². The fourth-order valence-corrected chi connectivity index (χ4v) is 5.38. The molecule has 3 fully saturated rings. The van der Waals surface area contributed by atoms with Crippen molar-refractivity contribution in [1.82, 2.24) is 5.32 Å². The Morgan fingerprint density at radius 2 is 1.76 bits per heavy atom. The number of hydrogen-bond donors (Lipinski definition) is 1. The number of nitrogens with one attached hydrogen (secondary N) is 1. The quantitative estimate of drug-likeness (QED) is 0.795. The monoisotopic (exact) mass is 293 g/mol. The Balaban J connectivity index is 1.64. The van der Waals surface area contributed by atoms with Gasteiger partial charge in [0.2, 0.25) is 0 Å². The molecule has 0 amide bonds. The summed E-state index contributed by atoms with van der Waals surface area (Å²) in [5.74, 6) is 0.831. The molecule has 0 aromatic carbocycles. The molecule has 3 aliphatic rings. The van der Waals surface area contributed by atoms with Crippen molar-refractivity contribution in [2.24, 2.45) is 11.3 Å². The zero-order chi connectivity index (χ0) is 14.7. The minimum atomic E-state index is 0.490. The first-order valence-corrected chi connectivity index (χ1v) is 9.69.